The van der Waals surface area contributed by atoms with E-state index in [2.05, 4.69) is 20.3 Å². The zero-order chi connectivity index (χ0) is 24.4. The summed E-state index contributed by atoms with van der Waals surface area (Å²) in [4.78, 5) is 39.0. The first-order valence-corrected chi connectivity index (χ1v) is 11.5. The predicted octanol–water partition coefficient (Wildman–Crippen LogP) is 3.18. The Morgan fingerprint density at radius 2 is 1.91 bits per heavy atom. The van der Waals surface area contributed by atoms with Gasteiger partial charge in [0.15, 0.2) is 5.82 Å². The molecular formula is C25H25N7O3. The maximum Gasteiger partial charge on any atom is 0.259 e. The SMILES string of the molecule is COc1cc(-n2nc3c(c2-n2cnccc2=O)NC(=O)C(C)CCCCc2cc-3ccn2)ccn1. The van der Waals surface area contributed by atoms with Crippen molar-refractivity contribution in [3.8, 4) is 28.6 Å². The highest BCUT2D eigenvalue weighted by atomic mass is 16.5. The van der Waals surface area contributed by atoms with Crippen LogP contribution in [-0.2, 0) is 11.2 Å². The number of ether oxygens (including phenoxy) is 1. The minimum absolute atomic E-state index is 0.133. The molecule has 0 saturated carbocycles. The van der Waals surface area contributed by atoms with Gasteiger partial charge in [-0.1, -0.05) is 13.3 Å². The summed E-state index contributed by atoms with van der Waals surface area (Å²) in [6.07, 6.45) is 9.61. The van der Waals surface area contributed by atoms with Gasteiger partial charge in [-0.3, -0.25) is 14.6 Å². The van der Waals surface area contributed by atoms with Crippen LogP contribution in [0.5, 0.6) is 5.88 Å². The van der Waals surface area contributed by atoms with E-state index < -0.39 is 0 Å². The first kappa shape index (κ1) is 22.5. The van der Waals surface area contributed by atoms with Crippen molar-refractivity contribution in [3.63, 3.8) is 0 Å². The van der Waals surface area contributed by atoms with Crippen molar-refractivity contribution in [2.24, 2.45) is 5.92 Å². The molecule has 1 aliphatic rings. The molecule has 5 rings (SSSR count). The largest absolute Gasteiger partial charge is 0.481 e. The van der Waals surface area contributed by atoms with Crippen molar-refractivity contribution in [2.45, 2.75) is 32.6 Å². The van der Waals surface area contributed by atoms with Crippen LogP contribution in [0.1, 0.15) is 31.9 Å². The molecule has 0 aromatic carbocycles. The summed E-state index contributed by atoms with van der Waals surface area (Å²) in [6.45, 7) is 1.91. The quantitative estimate of drug-likeness (QED) is 0.488. The van der Waals surface area contributed by atoms with Crippen LogP contribution < -0.4 is 15.6 Å². The Balaban J connectivity index is 1.83. The Bertz CT molecular complexity index is 1440. The summed E-state index contributed by atoms with van der Waals surface area (Å²) in [7, 11) is 1.53. The molecule has 4 aromatic rings. The highest BCUT2D eigenvalue weighted by molar-refractivity contribution is 5.98. The minimum Gasteiger partial charge on any atom is -0.481 e. The summed E-state index contributed by atoms with van der Waals surface area (Å²) < 4.78 is 8.28. The fourth-order valence-corrected chi connectivity index (χ4v) is 4.18. The molecule has 1 aliphatic heterocycles. The molecule has 1 atom stereocenters. The van der Waals surface area contributed by atoms with Gasteiger partial charge in [-0.2, -0.15) is 5.10 Å². The van der Waals surface area contributed by atoms with Crippen LogP contribution >= 0.6 is 0 Å². The Morgan fingerprint density at radius 3 is 2.74 bits per heavy atom. The van der Waals surface area contributed by atoms with Crippen LogP contribution in [0.4, 0.5) is 5.69 Å². The van der Waals surface area contributed by atoms with Gasteiger partial charge in [0.05, 0.1) is 12.8 Å². The van der Waals surface area contributed by atoms with E-state index in [9.17, 15) is 9.59 Å². The summed E-state index contributed by atoms with van der Waals surface area (Å²) in [5.41, 5.74) is 2.98. The molecule has 1 amide bonds. The smallest absolute Gasteiger partial charge is 0.259 e. The monoisotopic (exact) mass is 471 g/mol. The van der Waals surface area contributed by atoms with Crippen LogP contribution in [0.25, 0.3) is 22.8 Å². The zero-order valence-corrected chi connectivity index (χ0v) is 19.5. The van der Waals surface area contributed by atoms with E-state index in [0.29, 0.717) is 28.8 Å². The van der Waals surface area contributed by atoms with Gasteiger partial charge in [0.2, 0.25) is 11.8 Å². The molecule has 10 heteroatoms. The van der Waals surface area contributed by atoms with Crippen LogP contribution in [0, 0.1) is 5.92 Å². The van der Waals surface area contributed by atoms with Crippen molar-refractivity contribution in [3.05, 3.63) is 71.3 Å². The summed E-state index contributed by atoms with van der Waals surface area (Å²) in [6, 6.07) is 8.66. The van der Waals surface area contributed by atoms with Gasteiger partial charge < -0.3 is 10.1 Å². The molecule has 5 heterocycles. The number of fused-ring (bicyclic) bond motifs is 4. The molecular weight excluding hydrogens is 446 g/mol. The van der Waals surface area contributed by atoms with Crippen molar-refractivity contribution in [2.75, 3.05) is 12.4 Å². The maximum atomic E-state index is 13.2. The van der Waals surface area contributed by atoms with Gasteiger partial charge in [0.1, 0.15) is 17.7 Å². The summed E-state index contributed by atoms with van der Waals surface area (Å²) >= 11 is 0. The average Bonchev–Trinajstić information content (AvgIpc) is 3.25. The van der Waals surface area contributed by atoms with Gasteiger partial charge in [0, 0.05) is 47.9 Å². The predicted molar refractivity (Wildman–Crippen MR) is 130 cm³/mol. The van der Waals surface area contributed by atoms with Crippen molar-refractivity contribution in [1.82, 2.24) is 29.3 Å². The van der Waals surface area contributed by atoms with Crippen LogP contribution in [0.3, 0.4) is 0 Å². The number of nitrogens with zero attached hydrogens (tertiary/aromatic N) is 6. The fraction of sp³-hybridized carbons (Fsp3) is 0.280. The van der Waals surface area contributed by atoms with E-state index in [1.807, 2.05) is 19.1 Å². The number of aromatic nitrogens is 6. The third kappa shape index (κ3) is 4.42. The van der Waals surface area contributed by atoms with Gasteiger partial charge in [-0.25, -0.2) is 19.2 Å². The highest BCUT2D eigenvalue weighted by Crippen LogP contribution is 2.35. The third-order valence-electron chi connectivity index (χ3n) is 6.09. The molecule has 0 spiro atoms. The van der Waals surface area contributed by atoms with E-state index in [4.69, 9.17) is 9.84 Å². The number of hydrogen-bond donors (Lipinski definition) is 1. The molecule has 178 valence electrons. The van der Waals surface area contributed by atoms with Crippen molar-refractivity contribution < 1.29 is 9.53 Å². The average molecular weight is 472 g/mol. The number of nitrogens with one attached hydrogen (secondary N) is 1. The number of carbonyl (C=O) groups excluding carboxylic acids is 1. The van der Waals surface area contributed by atoms with Gasteiger partial charge in [-0.05, 0) is 37.5 Å². The van der Waals surface area contributed by atoms with Crippen molar-refractivity contribution in [1.29, 1.82) is 0 Å². The first-order valence-electron chi connectivity index (χ1n) is 11.5. The van der Waals surface area contributed by atoms with Crippen LogP contribution in [0.15, 0.2) is 60.0 Å². The molecule has 1 unspecified atom stereocenters. The number of amides is 1. The molecule has 35 heavy (non-hydrogen) atoms. The number of anilines is 1. The number of carbonyl (C=O) groups is 1. The lowest BCUT2D eigenvalue weighted by atomic mass is 10.00. The Hall–Kier alpha value is -4.34. The Labute approximate surface area is 201 Å². The normalized spacial score (nSPS) is 15.9. The lowest BCUT2D eigenvalue weighted by Gasteiger charge is -2.16. The van der Waals surface area contributed by atoms with E-state index in [-0.39, 0.29) is 17.4 Å². The molecule has 0 radical (unpaired) electrons. The van der Waals surface area contributed by atoms with Crippen molar-refractivity contribution >= 4 is 11.6 Å². The topological polar surface area (TPSA) is 117 Å². The van der Waals surface area contributed by atoms with Crippen LogP contribution in [0.2, 0.25) is 0 Å². The molecule has 4 aromatic heterocycles. The highest BCUT2D eigenvalue weighted by Gasteiger charge is 2.26. The Kier molecular flexibility index (Phi) is 6.09. The second-order valence-corrected chi connectivity index (χ2v) is 8.48. The summed E-state index contributed by atoms with van der Waals surface area (Å²) in [5.74, 6) is 0.408. The van der Waals surface area contributed by atoms with Gasteiger partial charge in [0.25, 0.3) is 5.56 Å². The zero-order valence-electron chi connectivity index (χ0n) is 19.5. The number of aryl methyl sites for hydroxylation is 1. The lowest BCUT2D eigenvalue weighted by Crippen LogP contribution is -2.24. The molecule has 0 saturated heterocycles. The number of pyridine rings is 2. The summed E-state index contributed by atoms with van der Waals surface area (Å²) in [5, 5.41) is 7.95. The molecule has 0 fully saturated rings. The second-order valence-electron chi connectivity index (χ2n) is 8.48. The van der Waals surface area contributed by atoms with E-state index in [0.717, 1.165) is 36.9 Å². The third-order valence-corrected chi connectivity index (χ3v) is 6.09. The molecule has 10 nitrogen and oxygen atoms in total. The number of rotatable bonds is 3. The maximum absolute atomic E-state index is 13.2. The molecule has 1 N–H and O–H groups in total. The standard InChI is InChI=1S/C25H25N7O3/c1-16-5-3-4-6-18-13-17(7-11-27-18)22-23(29-24(16)34)25(31-15-26-10-9-21(31)33)32(30-22)19-8-12-28-20(14-19)35-2/h7-16H,3-6H2,1-2H3,(H,29,34). The molecule has 0 aliphatic carbocycles. The van der Waals surface area contributed by atoms with Crippen LogP contribution in [-0.4, -0.2) is 42.3 Å². The number of methoxy groups -OCH3 is 1. The molecule has 2 bridgehead atoms. The van der Waals surface area contributed by atoms with E-state index >= 15 is 0 Å². The Morgan fingerprint density at radius 1 is 1.06 bits per heavy atom. The first-order chi connectivity index (χ1) is 17.0. The minimum atomic E-state index is -0.311. The van der Waals surface area contributed by atoms with Gasteiger partial charge in [-0.15, -0.1) is 0 Å². The number of hydrogen-bond acceptors (Lipinski definition) is 7. The van der Waals surface area contributed by atoms with E-state index in [1.54, 1.807) is 29.2 Å². The fourth-order valence-electron chi connectivity index (χ4n) is 4.18. The van der Waals surface area contributed by atoms with E-state index in [1.165, 1.54) is 30.3 Å². The second kappa shape index (κ2) is 9.49. The van der Waals surface area contributed by atoms with Gasteiger partial charge >= 0.3 is 0 Å². The lowest BCUT2D eigenvalue weighted by molar-refractivity contribution is -0.119.